The second-order valence-electron chi connectivity index (χ2n) is 1.19. The second kappa shape index (κ2) is 6.57. The van der Waals surface area contributed by atoms with Crippen LogP contribution in [0, 0.1) is 6.04 Å². The topological polar surface area (TPSA) is 18.5 Å². The van der Waals surface area contributed by atoms with Gasteiger partial charge in [-0.2, -0.15) is 0 Å². The molecule has 0 bridgehead atoms. The van der Waals surface area contributed by atoms with E-state index in [9.17, 15) is 0 Å². The first kappa shape index (κ1) is 7.57. The van der Waals surface area contributed by atoms with Crippen molar-refractivity contribution in [3.05, 3.63) is 6.04 Å². The first-order chi connectivity index (χ1) is 3.41. The summed E-state index contributed by atoms with van der Waals surface area (Å²) in [4.78, 5) is 0. The van der Waals surface area contributed by atoms with Gasteiger partial charge in [0.05, 0.1) is 0 Å². The van der Waals surface area contributed by atoms with Crippen LogP contribution in [0.5, 0.6) is 0 Å². The fourth-order valence-corrected chi connectivity index (χ4v) is 3.74. The Bertz CT molecular complexity index is 30.1. The third-order valence-corrected chi connectivity index (χ3v) is 3.37. The van der Waals surface area contributed by atoms with E-state index < -0.39 is 10.0 Å². The molecule has 0 heterocycles. The van der Waals surface area contributed by atoms with Crippen LogP contribution in [-0.4, -0.2) is 30.3 Å². The standard InChI is InChI=1S/C2H11O2Si3/c1-2-6-4-7-3-5/h2H,6-7H2,1,5H3. The molecule has 0 rings (SSSR count). The van der Waals surface area contributed by atoms with E-state index in [1.54, 1.807) is 0 Å². The highest BCUT2D eigenvalue weighted by atomic mass is 28.3. The van der Waals surface area contributed by atoms with Crippen molar-refractivity contribution in [1.29, 1.82) is 0 Å². The molecule has 2 nitrogen and oxygen atoms in total. The van der Waals surface area contributed by atoms with E-state index in [0.29, 0.717) is 0 Å². The average molecular weight is 151 g/mol. The monoisotopic (exact) mass is 151 g/mol. The van der Waals surface area contributed by atoms with E-state index in [1.807, 2.05) is 6.92 Å². The molecule has 0 aliphatic rings. The van der Waals surface area contributed by atoms with Gasteiger partial charge in [0.1, 0.15) is 10.5 Å². The van der Waals surface area contributed by atoms with Crippen LogP contribution in [0.3, 0.4) is 0 Å². The van der Waals surface area contributed by atoms with Gasteiger partial charge in [-0.05, 0) is 6.04 Å². The molecule has 0 fully saturated rings. The van der Waals surface area contributed by atoms with Crippen LogP contribution in [-0.2, 0) is 8.23 Å². The summed E-state index contributed by atoms with van der Waals surface area (Å²) in [6, 6.07) is 2.12. The summed E-state index contributed by atoms with van der Waals surface area (Å²) < 4.78 is 10.1. The molecular formula is C2H11O2Si3. The molecule has 0 aromatic carbocycles. The second-order valence-corrected chi connectivity index (χ2v) is 6.51. The lowest BCUT2D eigenvalue weighted by Crippen LogP contribution is -2.05. The third-order valence-electron chi connectivity index (χ3n) is 0.486. The van der Waals surface area contributed by atoms with Crippen LogP contribution >= 0.6 is 0 Å². The van der Waals surface area contributed by atoms with Crippen LogP contribution in [0.25, 0.3) is 0 Å². The summed E-state index contributed by atoms with van der Waals surface area (Å²) in [6.07, 6.45) is 0. The molecular weight excluding hydrogens is 140 g/mol. The third kappa shape index (κ3) is 6.57. The predicted octanol–water partition coefficient (Wildman–Crippen LogP) is -2.44. The largest absolute Gasteiger partial charge is 0.449 e. The van der Waals surface area contributed by atoms with Gasteiger partial charge < -0.3 is 8.23 Å². The van der Waals surface area contributed by atoms with Gasteiger partial charge in [-0.25, -0.2) is 0 Å². The first-order valence-corrected chi connectivity index (χ1v) is 5.62. The molecule has 0 atom stereocenters. The van der Waals surface area contributed by atoms with E-state index in [0.717, 1.165) is 10.5 Å². The molecule has 0 aromatic heterocycles. The predicted molar refractivity (Wildman–Crippen MR) is 39.2 cm³/mol. The van der Waals surface area contributed by atoms with Crippen molar-refractivity contribution < 1.29 is 8.23 Å². The molecule has 1 radical (unpaired) electrons. The lowest BCUT2D eigenvalue weighted by atomic mass is 11.0. The maximum atomic E-state index is 5.17. The van der Waals surface area contributed by atoms with E-state index in [1.165, 1.54) is 0 Å². The van der Waals surface area contributed by atoms with Gasteiger partial charge >= 0.3 is 0 Å². The van der Waals surface area contributed by atoms with Crippen LogP contribution in [0.15, 0.2) is 0 Å². The van der Waals surface area contributed by atoms with Crippen molar-refractivity contribution in [1.82, 2.24) is 0 Å². The van der Waals surface area contributed by atoms with Crippen LogP contribution < -0.4 is 0 Å². The Hall–Kier alpha value is 0.571. The Morgan fingerprint density at radius 3 is 2.86 bits per heavy atom. The summed E-state index contributed by atoms with van der Waals surface area (Å²) in [5.41, 5.74) is 0. The lowest BCUT2D eigenvalue weighted by Gasteiger charge is -1.95. The van der Waals surface area contributed by atoms with Crippen molar-refractivity contribution in [2.75, 3.05) is 0 Å². The van der Waals surface area contributed by atoms with Crippen molar-refractivity contribution in [2.24, 2.45) is 0 Å². The molecule has 5 heteroatoms. The molecule has 0 amide bonds. The Labute approximate surface area is 52.1 Å². The van der Waals surface area contributed by atoms with Gasteiger partial charge in [-0.3, -0.25) is 0 Å². The molecule has 0 spiro atoms. The van der Waals surface area contributed by atoms with Gasteiger partial charge in [-0.15, -0.1) is 0 Å². The molecule has 0 aliphatic heterocycles. The van der Waals surface area contributed by atoms with Crippen molar-refractivity contribution in [2.45, 2.75) is 6.92 Å². The highest BCUT2D eigenvalue weighted by molar-refractivity contribution is 6.43. The molecule has 0 unspecified atom stereocenters. The van der Waals surface area contributed by atoms with Gasteiger partial charge in [0, 0.05) is 0 Å². The molecule has 0 aliphatic carbocycles. The lowest BCUT2D eigenvalue weighted by molar-refractivity contribution is 0.505. The van der Waals surface area contributed by atoms with Crippen LogP contribution in [0.2, 0.25) is 0 Å². The minimum Gasteiger partial charge on any atom is -0.449 e. The van der Waals surface area contributed by atoms with Crippen LogP contribution in [0.1, 0.15) is 6.92 Å². The average Bonchev–Trinajstić information content (AvgIpc) is 1.69. The van der Waals surface area contributed by atoms with Gasteiger partial charge in [0.2, 0.25) is 0 Å². The smallest absolute Gasteiger partial charge is 0.282 e. The van der Waals surface area contributed by atoms with E-state index in [4.69, 9.17) is 8.23 Å². The highest BCUT2D eigenvalue weighted by Gasteiger charge is 1.80. The minimum atomic E-state index is -0.497. The van der Waals surface area contributed by atoms with Crippen molar-refractivity contribution in [3.8, 4) is 0 Å². The summed E-state index contributed by atoms with van der Waals surface area (Å²) in [5.74, 6) is 0. The Kier molecular flexibility index (Phi) is 7.11. The Balaban J connectivity index is 2.45. The number of rotatable bonds is 4. The maximum absolute atomic E-state index is 5.17. The summed E-state index contributed by atoms with van der Waals surface area (Å²) in [5, 5.41) is 0. The van der Waals surface area contributed by atoms with Gasteiger partial charge in [0.25, 0.3) is 10.0 Å². The Morgan fingerprint density at radius 2 is 2.43 bits per heavy atom. The zero-order chi connectivity index (χ0) is 5.54. The molecule has 7 heavy (non-hydrogen) atoms. The molecule has 0 aromatic rings. The normalized spacial score (nSPS) is 13.3. The number of hydrogen-bond acceptors (Lipinski definition) is 2. The summed E-state index contributed by atoms with van der Waals surface area (Å²) in [7, 11) is 0.0984. The van der Waals surface area contributed by atoms with E-state index in [-0.39, 0.29) is 9.76 Å². The molecule has 0 N–H and O–H groups in total. The van der Waals surface area contributed by atoms with Crippen molar-refractivity contribution in [3.63, 3.8) is 0 Å². The first-order valence-electron chi connectivity index (χ1n) is 2.26. The van der Waals surface area contributed by atoms with E-state index >= 15 is 0 Å². The molecule has 43 valence electrons. The fraction of sp³-hybridized carbons (Fsp3) is 0.500. The van der Waals surface area contributed by atoms with Crippen molar-refractivity contribution >= 4 is 30.3 Å². The van der Waals surface area contributed by atoms with Gasteiger partial charge in [0.15, 0.2) is 9.76 Å². The number of hydrogen-bond donors (Lipinski definition) is 0. The zero-order valence-corrected chi connectivity index (χ0v) is 9.64. The maximum Gasteiger partial charge on any atom is 0.282 e. The summed E-state index contributed by atoms with van der Waals surface area (Å²) in [6.45, 7) is 2.04. The van der Waals surface area contributed by atoms with Gasteiger partial charge in [-0.1, -0.05) is 6.92 Å². The van der Waals surface area contributed by atoms with E-state index in [2.05, 4.69) is 6.04 Å². The molecule has 0 saturated heterocycles. The minimum absolute atomic E-state index is 0.255. The quantitative estimate of drug-likeness (QED) is 0.328. The molecule has 0 saturated carbocycles. The fourth-order valence-electron chi connectivity index (χ4n) is 0.249. The highest BCUT2D eigenvalue weighted by Crippen LogP contribution is 1.69. The summed E-state index contributed by atoms with van der Waals surface area (Å²) >= 11 is 0. The Morgan fingerprint density at radius 1 is 1.71 bits per heavy atom. The van der Waals surface area contributed by atoms with Crippen LogP contribution in [0.4, 0.5) is 0 Å². The SMILES string of the molecule is C[CH][SiH2]O[SiH2]O[SiH3]. The zero-order valence-electron chi connectivity index (χ0n) is 4.81.